The second kappa shape index (κ2) is 5.27. The second-order valence-electron chi connectivity index (χ2n) is 4.47. The van der Waals surface area contributed by atoms with Gasteiger partial charge in [0.1, 0.15) is 5.82 Å². The smallest absolute Gasteiger partial charge is 0.306 e. The first-order chi connectivity index (χ1) is 7.90. The number of ether oxygens (including phenoxy) is 1. The summed E-state index contributed by atoms with van der Waals surface area (Å²) in [6.45, 7) is 3.64. The highest BCUT2D eigenvalue weighted by Crippen LogP contribution is 2.31. The van der Waals surface area contributed by atoms with Crippen molar-refractivity contribution >= 4 is 5.97 Å². The minimum absolute atomic E-state index is 0.130. The zero-order valence-corrected chi connectivity index (χ0v) is 10.4. The van der Waals surface area contributed by atoms with Crippen molar-refractivity contribution in [1.82, 2.24) is 0 Å². The molecule has 94 valence electrons. The van der Waals surface area contributed by atoms with Crippen LogP contribution in [-0.4, -0.2) is 19.1 Å². The maximum absolute atomic E-state index is 13.2. The molecule has 1 rings (SSSR count). The molecule has 0 saturated carbocycles. The van der Waals surface area contributed by atoms with Crippen molar-refractivity contribution in [2.75, 3.05) is 7.11 Å². The Hall–Kier alpha value is -1.42. The van der Waals surface area contributed by atoms with Crippen LogP contribution >= 0.6 is 0 Å². The van der Waals surface area contributed by atoms with Crippen LogP contribution in [0.3, 0.4) is 0 Å². The monoisotopic (exact) mass is 239 g/mol. The first-order valence-electron chi connectivity index (χ1n) is 5.48. The number of hydrogen-bond donors (Lipinski definition) is 1. The van der Waals surface area contributed by atoms with Crippen LogP contribution in [0.4, 0.5) is 4.39 Å². The maximum atomic E-state index is 13.2. The Kier molecular flexibility index (Phi) is 4.23. The van der Waals surface area contributed by atoms with Gasteiger partial charge in [0.2, 0.25) is 0 Å². The molecule has 2 N–H and O–H groups in total. The first kappa shape index (κ1) is 13.6. The Labute approximate surface area is 101 Å². The third-order valence-electron chi connectivity index (χ3n) is 3.23. The summed E-state index contributed by atoms with van der Waals surface area (Å²) in [5.74, 6) is -0.687. The molecule has 2 unspecified atom stereocenters. The molecule has 0 fully saturated rings. The molecule has 0 bridgehead atoms. The molecule has 0 radical (unpaired) electrons. The van der Waals surface area contributed by atoms with E-state index in [4.69, 9.17) is 5.73 Å². The number of carbonyl (C=O) groups is 1. The van der Waals surface area contributed by atoms with E-state index in [1.54, 1.807) is 19.1 Å². The third-order valence-corrected chi connectivity index (χ3v) is 3.23. The highest BCUT2D eigenvalue weighted by Gasteiger charge is 2.34. The van der Waals surface area contributed by atoms with E-state index >= 15 is 0 Å². The van der Waals surface area contributed by atoms with E-state index in [2.05, 4.69) is 4.74 Å². The molecule has 0 aliphatic heterocycles. The SMILES string of the molecule is COC(=O)CC(C)(c1cccc(F)c1)C(C)N. The minimum atomic E-state index is -0.630. The van der Waals surface area contributed by atoms with Gasteiger partial charge in [-0.25, -0.2) is 4.39 Å². The van der Waals surface area contributed by atoms with Crippen LogP contribution in [0.2, 0.25) is 0 Å². The van der Waals surface area contributed by atoms with Crippen molar-refractivity contribution in [3.63, 3.8) is 0 Å². The minimum Gasteiger partial charge on any atom is -0.469 e. The van der Waals surface area contributed by atoms with E-state index in [1.165, 1.54) is 19.2 Å². The summed E-state index contributed by atoms with van der Waals surface area (Å²) in [7, 11) is 1.33. The summed E-state index contributed by atoms with van der Waals surface area (Å²) < 4.78 is 17.9. The van der Waals surface area contributed by atoms with Gasteiger partial charge in [0.15, 0.2) is 0 Å². The highest BCUT2D eigenvalue weighted by atomic mass is 19.1. The number of rotatable bonds is 4. The molecule has 0 heterocycles. The molecule has 0 aliphatic rings. The van der Waals surface area contributed by atoms with Crippen LogP contribution in [0.25, 0.3) is 0 Å². The molecule has 0 spiro atoms. The fraction of sp³-hybridized carbons (Fsp3) is 0.462. The van der Waals surface area contributed by atoms with E-state index in [9.17, 15) is 9.18 Å². The number of carbonyl (C=O) groups excluding carboxylic acids is 1. The molecule has 4 heteroatoms. The van der Waals surface area contributed by atoms with Gasteiger partial charge < -0.3 is 10.5 Å². The van der Waals surface area contributed by atoms with Crippen molar-refractivity contribution in [3.05, 3.63) is 35.6 Å². The van der Waals surface area contributed by atoms with E-state index in [0.29, 0.717) is 5.56 Å². The van der Waals surface area contributed by atoms with Crippen molar-refractivity contribution < 1.29 is 13.9 Å². The van der Waals surface area contributed by atoms with E-state index in [-0.39, 0.29) is 24.2 Å². The normalized spacial score (nSPS) is 16.1. The van der Waals surface area contributed by atoms with Gasteiger partial charge in [-0.2, -0.15) is 0 Å². The summed E-state index contributed by atoms with van der Waals surface area (Å²) in [6.07, 6.45) is 0.130. The van der Waals surface area contributed by atoms with Crippen LogP contribution in [0.5, 0.6) is 0 Å². The lowest BCUT2D eigenvalue weighted by atomic mass is 9.74. The molecule has 0 saturated heterocycles. The zero-order chi connectivity index (χ0) is 13.1. The quantitative estimate of drug-likeness (QED) is 0.817. The Morgan fingerprint density at radius 3 is 2.71 bits per heavy atom. The van der Waals surface area contributed by atoms with Gasteiger partial charge in [0.25, 0.3) is 0 Å². The van der Waals surface area contributed by atoms with Crippen LogP contribution in [0, 0.1) is 5.82 Å². The van der Waals surface area contributed by atoms with E-state index < -0.39 is 5.41 Å². The molecule has 0 aromatic heterocycles. The van der Waals surface area contributed by atoms with Crippen LogP contribution < -0.4 is 5.73 Å². The molecule has 17 heavy (non-hydrogen) atoms. The average Bonchev–Trinajstić information content (AvgIpc) is 2.28. The maximum Gasteiger partial charge on any atom is 0.306 e. The third kappa shape index (κ3) is 3.03. The number of methoxy groups -OCH3 is 1. The summed E-state index contributed by atoms with van der Waals surface area (Å²) >= 11 is 0. The number of halogens is 1. The number of hydrogen-bond acceptors (Lipinski definition) is 3. The molecule has 0 amide bonds. The van der Waals surface area contributed by atoms with Crippen molar-refractivity contribution in [1.29, 1.82) is 0 Å². The van der Waals surface area contributed by atoms with Gasteiger partial charge in [-0.1, -0.05) is 19.1 Å². The van der Waals surface area contributed by atoms with E-state index in [0.717, 1.165) is 0 Å². The van der Waals surface area contributed by atoms with E-state index in [1.807, 2.05) is 6.92 Å². The van der Waals surface area contributed by atoms with Gasteiger partial charge in [0.05, 0.1) is 13.5 Å². The fourth-order valence-corrected chi connectivity index (χ4v) is 1.74. The van der Waals surface area contributed by atoms with Crippen LogP contribution in [0.15, 0.2) is 24.3 Å². The van der Waals surface area contributed by atoms with Gasteiger partial charge in [-0.3, -0.25) is 4.79 Å². The molecule has 3 nitrogen and oxygen atoms in total. The summed E-state index contributed by atoms with van der Waals surface area (Å²) in [6, 6.07) is 5.87. The van der Waals surface area contributed by atoms with Crippen molar-refractivity contribution in [3.8, 4) is 0 Å². The first-order valence-corrected chi connectivity index (χ1v) is 5.48. The van der Waals surface area contributed by atoms with Gasteiger partial charge in [-0.15, -0.1) is 0 Å². The molecule has 2 atom stereocenters. The van der Waals surface area contributed by atoms with Gasteiger partial charge in [0, 0.05) is 11.5 Å². The largest absolute Gasteiger partial charge is 0.469 e. The molecular weight excluding hydrogens is 221 g/mol. The number of esters is 1. The lowest BCUT2D eigenvalue weighted by Crippen LogP contribution is -2.42. The standard InChI is InChI=1S/C13H18FNO2/c1-9(15)13(2,8-12(16)17-3)10-5-4-6-11(14)7-10/h4-7,9H,8,15H2,1-3H3. The van der Waals surface area contributed by atoms with Crippen molar-refractivity contribution in [2.24, 2.45) is 5.73 Å². The Morgan fingerprint density at radius 1 is 1.59 bits per heavy atom. The predicted molar refractivity (Wildman–Crippen MR) is 64.0 cm³/mol. The zero-order valence-electron chi connectivity index (χ0n) is 10.4. The lowest BCUT2D eigenvalue weighted by molar-refractivity contribution is -0.142. The van der Waals surface area contributed by atoms with Crippen LogP contribution in [0.1, 0.15) is 25.8 Å². The summed E-state index contributed by atoms with van der Waals surface area (Å²) in [5.41, 5.74) is 6.00. The average molecular weight is 239 g/mol. The Bertz CT molecular complexity index is 406. The number of benzene rings is 1. The van der Waals surface area contributed by atoms with Gasteiger partial charge in [-0.05, 0) is 24.6 Å². The fourth-order valence-electron chi connectivity index (χ4n) is 1.74. The Morgan fingerprint density at radius 2 is 2.24 bits per heavy atom. The lowest BCUT2D eigenvalue weighted by Gasteiger charge is -2.33. The van der Waals surface area contributed by atoms with Gasteiger partial charge >= 0.3 is 5.97 Å². The predicted octanol–water partition coefficient (Wildman–Crippen LogP) is 1.99. The van der Waals surface area contributed by atoms with Crippen molar-refractivity contribution in [2.45, 2.75) is 31.7 Å². The number of nitrogens with two attached hydrogens (primary N) is 1. The molecule has 0 aliphatic carbocycles. The molecule has 1 aromatic carbocycles. The Balaban J connectivity index is 3.11. The summed E-state index contributed by atoms with van der Waals surface area (Å²) in [4.78, 5) is 11.4. The topological polar surface area (TPSA) is 52.3 Å². The highest BCUT2D eigenvalue weighted by molar-refractivity contribution is 5.71. The van der Waals surface area contributed by atoms with Crippen LogP contribution in [-0.2, 0) is 14.9 Å². The second-order valence-corrected chi connectivity index (χ2v) is 4.47. The summed E-state index contributed by atoms with van der Waals surface area (Å²) in [5, 5.41) is 0. The molecular formula is C13H18FNO2. The molecule has 1 aromatic rings.